The molecule has 2 aromatic carbocycles. The van der Waals surface area contributed by atoms with E-state index in [4.69, 9.17) is 9.47 Å². The van der Waals surface area contributed by atoms with E-state index in [1.165, 1.54) is 16.3 Å². The molecule has 0 spiro atoms. The van der Waals surface area contributed by atoms with Crippen LogP contribution in [0.5, 0.6) is 5.75 Å². The van der Waals surface area contributed by atoms with Crippen LogP contribution in [0.25, 0.3) is 10.8 Å². The highest BCUT2D eigenvalue weighted by molar-refractivity contribution is 5.88. The van der Waals surface area contributed by atoms with Gasteiger partial charge in [-0.1, -0.05) is 43.8 Å². The van der Waals surface area contributed by atoms with E-state index >= 15 is 0 Å². The van der Waals surface area contributed by atoms with Crippen molar-refractivity contribution in [2.24, 2.45) is 0 Å². The summed E-state index contributed by atoms with van der Waals surface area (Å²) in [7, 11) is 0. The largest absolute Gasteiger partial charge is 0.462 e. The Morgan fingerprint density at radius 2 is 2.05 bits per heavy atom. The standard InChI is InChI=1S/C18H20O2/c1-4-18(11-12-19-18)17-15-8-6-5-7-14(15)9-10-16(17)20-13(2)3/h5-10H,2,4,11-12H2,1,3H3. The topological polar surface area (TPSA) is 18.5 Å². The van der Waals surface area contributed by atoms with Crippen LogP contribution in [0.1, 0.15) is 32.3 Å². The number of ether oxygens (including phenoxy) is 2. The van der Waals surface area contributed by atoms with Gasteiger partial charge in [-0.3, -0.25) is 0 Å². The highest BCUT2D eigenvalue weighted by Gasteiger charge is 2.41. The van der Waals surface area contributed by atoms with Gasteiger partial charge in [-0.05, 0) is 30.2 Å². The van der Waals surface area contributed by atoms with Crippen LogP contribution in [0.15, 0.2) is 48.7 Å². The molecular weight excluding hydrogens is 248 g/mol. The lowest BCUT2D eigenvalue weighted by atomic mass is 9.81. The molecule has 20 heavy (non-hydrogen) atoms. The molecule has 0 saturated carbocycles. The van der Waals surface area contributed by atoms with Gasteiger partial charge >= 0.3 is 0 Å². The summed E-state index contributed by atoms with van der Waals surface area (Å²) >= 11 is 0. The van der Waals surface area contributed by atoms with Gasteiger partial charge in [0.25, 0.3) is 0 Å². The lowest BCUT2D eigenvalue weighted by Crippen LogP contribution is -2.40. The van der Waals surface area contributed by atoms with Gasteiger partial charge < -0.3 is 9.47 Å². The van der Waals surface area contributed by atoms with Crippen molar-refractivity contribution in [2.45, 2.75) is 32.3 Å². The fourth-order valence-electron chi connectivity index (χ4n) is 3.00. The molecule has 0 bridgehead atoms. The molecule has 2 nitrogen and oxygen atoms in total. The molecule has 2 heteroatoms. The van der Waals surface area contributed by atoms with Crippen LogP contribution >= 0.6 is 0 Å². The Kier molecular flexibility index (Phi) is 3.27. The van der Waals surface area contributed by atoms with E-state index in [1.807, 2.05) is 13.0 Å². The summed E-state index contributed by atoms with van der Waals surface area (Å²) in [6.07, 6.45) is 2.00. The number of benzene rings is 2. The Morgan fingerprint density at radius 3 is 2.65 bits per heavy atom. The maximum atomic E-state index is 5.97. The van der Waals surface area contributed by atoms with Crippen LogP contribution in [0, 0.1) is 0 Å². The molecule has 104 valence electrons. The molecule has 1 saturated heterocycles. The lowest BCUT2D eigenvalue weighted by molar-refractivity contribution is -0.155. The minimum atomic E-state index is -0.203. The molecule has 0 amide bonds. The van der Waals surface area contributed by atoms with Crippen molar-refractivity contribution in [1.29, 1.82) is 0 Å². The zero-order valence-electron chi connectivity index (χ0n) is 12.1. The molecule has 1 fully saturated rings. The zero-order valence-corrected chi connectivity index (χ0v) is 12.1. The van der Waals surface area contributed by atoms with Crippen molar-refractivity contribution < 1.29 is 9.47 Å². The maximum Gasteiger partial charge on any atom is 0.133 e. The minimum Gasteiger partial charge on any atom is -0.462 e. The van der Waals surface area contributed by atoms with E-state index in [9.17, 15) is 0 Å². The summed E-state index contributed by atoms with van der Waals surface area (Å²) in [5, 5.41) is 2.44. The number of allylic oxidation sites excluding steroid dienone is 1. The third-order valence-electron chi connectivity index (χ3n) is 4.09. The molecule has 0 radical (unpaired) electrons. The summed E-state index contributed by atoms with van der Waals surface area (Å²) < 4.78 is 11.8. The Balaban J connectivity index is 2.25. The summed E-state index contributed by atoms with van der Waals surface area (Å²) in [4.78, 5) is 0. The van der Waals surface area contributed by atoms with Crippen molar-refractivity contribution in [3.63, 3.8) is 0 Å². The van der Waals surface area contributed by atoms with Crippen molar-refractivity contribution in [3.05, 3.63) is 54.3 Å². The highest BCUT2D eigenvalue weighted by atomic mass is 16.5. The van der Waals surface area contributed by atoms with Gasteiger partial charge in [0.15, 0.2) is 0 Å². The van der Waals surface area contributed by atoms with Crippen LogP contribution in [0.3, 0.4) is 0 Å². The first-order chi connectivity index (χ1) is 9.66. The average molecular weight is 268 g/mol. The number of fused-ring (bicyclic) bond motifs is 1. The summed E-state index contributed by atoms with van der Waals surface area (Å²) in [6, 6.07) is 12.5. The Morgan fingerprint density at radius 1 is 1.30 bits per heavy atom. The maximum absolute atomic E-state index is 5.97. The third-order valence-corrected chi connectivity index (χ3v) is 4.09. The van der Waals surface area contributed by atoms with E-state index in [0.29, 0.717) is 5.76 Å². The Bertz CT molecular complexity index is 648. The minimum absolute atomic E-state index is 0.203. The summed E-state index contributed by atoms with van der Waals surface area (Å²) in [5.74, 6) is 1.57. The van der Waals surface area contributed by atoms with Crippen LogP contribution in [-0.4, -0.2) is 6.61 Å². The first-order valence-electron chi connectivity index (χ1n) is 7.16. The van der Waals surface area contributed by atoms with Gasteiger partial charge in [-0.25, -0.2) is 0 Å². The quantitative estimate of drug-likeness (QED) is 0.743. The molecule has 1 aliphatic heterocycles. The molecule has 0 N–H and O–H groups in total. The highest BCUT2D eigenvalue weighted by Crippen LogP contribution is 2.47. The second-order valence-corrected chi connectivity index (χ2v) is 5.41. The number of hydrogen-bond acceptors (Lipinski definition) is 2. The molecule has 2 aromatic rings. The zero-order chi connectivity index (χ0) is 14.2. The van der Waals surface area contributed by atoms with Crippen LogP contribution in [-0.2, 0) is 10.3 Å². The van der Waals surface area contributed by atoms with Gasteiger partial charge in [-0.15, -0.1) is 0 Å². The van der Waals surface area contributed by atoms with Gasteiger partial charge in [0.2, 0.25) is 0 Å². The SMILES string of the molecule is C=C(C)Oc1ccc2ccccc2c1C1(CC)CCO1. The lowest BCUT2D eigenvalue weighted by Gasteiger charge is -2.43. The molecule has 1 aliphatic rings. The third kappa shape index (κ3) is 2.01. The van der Waals surface area contributed by atoms with Crippen LogP contribution in [0.2, 0.25) is 0 Å². The van der Waals surface area contributed by atoms with E-state index < -0.39 is 0 Å². The summed E-state index contributed by atoms with van der Waals surface area (Å²) in [6.45, 7) is 8.73. The first-order valence-corrected chi connectivity index (χ1v) is 7.16. The van der Waals surface area contributed by atoms with Crippen LogP contribution in [0.4, 0.5) is 0 Å². The second-order valence-electron chi connectivity index (χ2n) is 5.41. The molecule has 0 aromatic heterocycles. The van der Waals surface area contributed by atoms with Gasteiger partial charge in [0.05, 0.1) is 18.0 Å². The van der Waals surface area contributed by atoms with E-state index in [0.717, 1.165) is 25.2 Å². The van der Waals surface area contributed by atoms with Crippen molar-refractivity contribution in [2.75, 3.05) is 6.61 Å². The fraction of sp³-hybridized carbons (Fsp3) is 0.333. The Hall–Kier alpha value is -1.80. The first kappa shape index (κ1) is 13.2. The smallest absolute Gasteiger partial charge is 0.133 e. The van der Waals surface area contributed by atoms with Crippen molar-refractivity contribution in [3.8, 4) is 5.75 Å². The second kappa shape index (κ2) is 4.95. The normalized spacial score (nSPS) is 21.5. The van der Waals surface area contributed by atoms with Gasteiger partial charge in [0, 0.05) is 12.0 Å². The Labute approximate surface area is 120 Å². The molecule has 3 rings (SSSR count). The van der Waals surface area contributed by atoms with Gasteiger partial charge in [0.1, 0.15) is 5.75 Å². The van der Waals surface area contributed by atoms with E-state index in [1.54, 1.807) is 0 Å². The van der Waals surface area contributed by atoms with E-state index in [2.05, 4.69) is 43.8 Å². The molecule has 1 atom stereocenters. The monoisotopic (exact) mass is 268 g/mol. The molecular formula is C18H20O2. The van der Waals surface area contributed by atoms with E-state index in [-0.39, 0.29) is 5.60 Å². The summed E-state index contributed by atoms with van der Waals surface area (Å²) in [5.41, 5.74) is 0.971. The van der Waals surface area contributed by atoms with Crippen LogP contribution < -0.4 is 4.74 Å². The molecule has 1 heterocycles. The van der Waals surface area contributed by atoms with Gasteiger partial charge in [-0.2, -0.15) is 0 Å². The fourth-order valence-corrected chi connectivity index (χ4v) is 3.00. The molecule has 0 aliphatic carbocycles. The number of rotatable bonds is 4. The van der Waals surface area contributed by atoms with Crippen molar-refractivity contribution in [1.82, 2.24) is 0 Å². The average Bonchev–Trinajstić information content (AvgIpc) is 2.39. The predicted octanol–water partition coefficient (Wildman–Crippen LogP) is 4.78. The molecule has 1 unspecified atom stereocenters. The van der Waals surface area contributed by atoms with Crippen molar-refractivity contribution >= 4 is 10.8 Å². The number of hydrogen-bond donors (Lipinski definition) is 0. The predicted molar refractivity (Wildman–Crippen MR) is 81.9 cm³/mol.